The highest BCUT2D eigenvalue weighted by molar-refractivity contribution is 6.30. The fourth-order valence-corrected chi connectivity index (χ4v) is 2.31. The Kier molecular flexibility index (Phi) is 7.19. The molecule has 0 fully saturated rings. The number of hydrogen-bond donors (Lipinski definition) is 1. The zero-order valence-electron chi connectivity index (χ0n) is 11.9. The van der Waals surface area contributed by atoms with Gasteiger partial charge in [0.25, 0.3) is 0 Å². The van der Waals surface area contributed by atoms with Crippen LogP contribution in [-0.4, -0.2) is 6.04 Å². The van der Waals surface area contributed by atoms with Crippen LogP contribution in [0.1, 0.15) is 57.9 Å². The van der Waals surface area contributed by atoms with Gasteiger partial charge >= 0.3 is 0 Å². The Labute approximate surface area is 117 Å². The van der Waals surface area contributed by atoms with Crippen molar-refractivity contribution in [3.63, 3.8) is 0 Å². The van der Waals surface area contributed by atoms with Crippen molar-refractivity contribution in [3.8, 4) is 0 Å². The molecule has 0 spiro atoms. The molecule has 1 rings (SSSR count). The molecular weight excluding hydrogens is 242 g/mol. The second-order valence-corrected chi connectivity index (χ2v) is 5.64. The third-order valence-corrected chi connectivity index (χ3v) is 3.58. The maximum absolute atomic E-state index is 6.02. The van der Waals surface area contributed by atoms with Gasteiger partial charge in [0.05, 0.1) is 0 Å². The van der Waals surface area contributed by atoms with E-state index in [4.69, 9.17) is 11.6 Å². The Bertz CT molecular complexity index is 349. The summed E-state index contributed by atoms with van der Waals surface area (Å²) in [6.07, 6.45) is 7.96. The molecule has 0 heterocycles. The normalized spacial score (nSPS) is 12.4. The summed E-state index contributed by atoms with van der Waals surface area (Å²) in [6, 6.07) is 6.55. The van der Waals surface area contributed by atoms with Gasteiger partial charge in [-0.15, -0.1) is 0 Å². The molecule has 2 heteroatoms. The van der Waals surface area contributed by atoms with Crippen molar-refractivity contribution in [2.24, 2.45) is 0 Å². The van der Waals surface area contributed by atoms with Crippen LogP contribution in [0.3, 0.4) is 0 Å². The maximum atomic E-state index is 6.02. The minimum absolute atomic E-state index is 0.517. The Morgan fingerprint density at radius 2 is 1.89 bits per heavy atom. The fourth-order valence-electron chi connectivity index (χ4n) is 2.14. The number of anilines is 1. The van der Waals surface area contributed by atoms with Crippen molar-refractivity contribution in [3.05, 3.63) is 28.8 Å². The standard InChI is InChI=1S/C16H26ClN/c1-4-5-6-7-8-9-14(3)18-16-12-15(17)11-10-13(16)2/h10-12,14,18H,4-9H2,1-3H3. The fraction of sp³-hybridized carbons (Fsp3) is 0.625. The van der Waals surface area contributed by atoms with E-state index in [2.05, 4.69) is 32.2 Å². The van der Waals surface area contributed by atoms with Crippen LogP contribution in [-0.2, 0) is 0 Å². The minimum atomic E-state index is 0.517. The summed E-state index contributed by atoms with van der Waals surface area (Å²) >= 11 is 6.02. The summed E-state index contributed by atoms with van der Waals surface area (Å²) in [6.45, 7) is 6.62. The number of aryl methyl sites for hydroxylation is 1. The molecule has 0 amide bonds. The van der Waals surface area contributed by atoms with Crippen molar-refractivity contribution in [2.45, 2.75) is 65.3 Å². The molecule has 0 bridgehead atoms. The van der Waals surface area contributed by atoms with E-state index in [0.717, 1.165) is 5.02 Å². The first-order chi connectivity index (χ1) is 8.63. The third-order valence-electron chi connectivity index (χ3n) is 3.34. The lowest BCUT2D eigenvalue weighted by molar-refractivity contribution is 0.578. The average Bonchev–Trinajstić information content (AvgIpc) is 2.33. The zero-order chi connectivity index (χ0) is 13.4. The molecule has 0 aliphatic rings. The number of benzene rings is 1. The van der Waals surface area contributed by atoms with Gasteiger partial charge in [-0.25, -0.2) is 0 Å². The maximum Gasteiger partial charge on any atom is 0.0426 e. The molecule has 0 aliphatic heterocycles. The van der Waals surface area contributed by atoms with Crippen LogP contribution in [0.25, 0.3) is 0 Å². The van der Waals surface area contributed by atoms with Crippen molar-refractivity contribution < 1.29 is 0 Å². The summed E-state index contributed by atoms with van der Waals surface area (Å²) in [5, 5.41) is 4.36. The molecular formula is C16H26ClN. The number of halogens is 1. The Hall–Kier alpha value is -0.690. The predicted molar refractivity (Wildman–Crippen MR) is 82.6 cm³/mol. The van der Waals surface area contributed by atoms with Crippen LogP contribution in [0.4, 0.5) is 5.69 Å². The number of rotatable bonds is 8. The van der Waals surface area contributed by atoms with Crippen molar-refractivity contribution >= 4 is 17.3 Å². The molecule has 1 aromatic rings. The molecule has 1 N–H and O–H groups in total. The van der Waals surface area contributed by atoms with Crippen molar-refractivity contribution in [2.75, 3.05) is 5.32 Å². The molecule has 0 aromatic heterocycles. The average molecular weight is 268 g/mol. The summed E-state index contributed by atoms with van der Waals surface area (Å²) in [5.74, 6) is 0. The van der Waals surface area contributed by atoms with Gasteiger partial charge in [-0.2, -0.15) is 0 Å². The van der Waals surface area contributed by atoms with E-state index in [1.165, 1.54) is 49.8 Å². The second kappa shape index (κ2) is 8.42. The van der Waals surface area contributed by atoms with E-state index in [1.54, 1.807) is 0 Å². The molecule has 102 valence electrons. The lowest BCUT2D eigenvalue weighted by atomic mass is 10.1. The zero-order valence-corrected chi connectivity index (χ0v) is 12.7. The van der Waals surface area contributed by atoms with E-state index in [-0.39, 0.29) is 0 Å². The van der Waals surface area contributed by atoms with Gasteiger partial charge in [0, 0.05) is 16.8 Å². The predicted octanol–water partition coefficient (Wildman–Crippen LogP) is 5.81. The van der Waals surface area contributed by atoms with Gasteiger partial charge in [-0.05, 0) is 38.0 Å². The third kappa shape index (κ3) is 5.77. The van der Waals surface area contributed by atoms with E-state index in [0.29, 0.717) is 6.04 Å². The molecule has 0 saturated heterocycles. The minimum Gasteiger partial charge on any atom is -0.382 e. The van der Waals surface area contributed by atoms with Crippen LogP contribution >= 0.6 is 11.6 Å². The Morgan fingerprint density at radius 3 is 2.61 bits per heavy atom. The van der Waals surface area contributed by atoms with E-state index < -0.39 is 0 Å². The van der Waals surface area contributed by atoms with Gasteiger partial charge in [0.15, 0.2) is 0 Å². The summed E-state index contributed by atoms with van der Waals surface area (Å²) in [7, 11) is 0. The van der Waals surface area contributed by atoms with Gasteiger partial charge in [-0.1, -0.05) is 56.7 Å². The summed E-state index contributed by atoms with van der Waals surface area (Å²) in [4.78, 5) is 0. The molecule has 1 aromatic carbocycles. The first kappa shape index (κ1) is 15.4. The Balaban J connectivity index is 2.30. The van der Waals surface area contributed by atoms with Crippen molar-refractivity contribution in [1.29, 1.82) is 0 Å². The van der Waals surface area contributed by atoms with Gasteiger partial charge < -0.3 is 5.32 Å². The molecule has 0 radical (unpaired) electrons. The molecule has 0 saturated carbocycles. The van der Waals surface area contributed by atoms with E-state index in [9.17, 15) is 0 Å². The summed E-state index contributed by atoms with van der Waals surface area (Å²) < 4.78 is 0. The monoisotopic (exact) mass is 267 g/mol. The largest absolute Gasteiger partial charge is 0.382 e. The number of unbranched alkanes of at least 4 members (excludes halogenated alkanes) is 4. The SMILES string of the molecule is CCCCCCCC(C)Nc1cc(Cl)ccc1C. The topological polar surface area (TPSA) is 12.0 Å². The highest BCUT2D eigenvalue weighted by Crippen LogP contribution is 2.21. The van der Waals surface area contributed by atoms with Crippen molar-refractivity contribution in [1.82, 2.24) is 0 Å². The molecule has 18 heavy (non-hydrogen) atoms. The second-order valence-electron chi connectivity index (χ2n) is 5.21. The molecule has 1 unspecified atom stereocenters. The number of nitrogens with one attached hydrogen (secondary N) is 1. The van der Waals surface area contributed by atoms with Crippen LogP contribution in [0, 0.1) is 6.92 Å². The van der Waals surface area contributed by atoms with E-state index >= 15 is 0 Å². The highest BCUT2D eigenvalue weighted by Gasteiger charge is 2.04. The lowest BCUT2D eigenvalue weighted by Crippen LogP contribution is -2.15. The van der Waals surface area contributed by atoms with Gasteiger partial charge in [0.2, 0.25) is 0 Å². The van der Waals surface area contributed by atoms with Crippen LogP contribution < -0.4 is 5.32 Å². The lowest BCUT2D eigenvalue weighted by Gasteiger charge is -2.17. The van der Waals surface area contributed by atoms with Crippen LogP contribution in [0.15, 0.2) is 18.2 Å². The highest BCUT2D eigenvalue weighted by atomic mass is 35.5. The van der Waals surface area contributed by atoms with Gasteiger partial charge in [-0.3, -0.25) is 0 Å². The van der Waals surface area contributed by atoms with Crippen LogP contribution in [0.5, 0.6) is 0 Å². The number of hydrogen-bond acceptors (Lipinski definition) is 1. The first-order valence-electron chi connectivity index (χ1n) is 7.16. The summed E-state index contributed by atoms with van der Waals surface area (Å²) in [5.41, 5.74) is 2.43. The van der Waals surface area contributed by atoms with Gasteiger partial charge in [0.1, 0.15) is 0 Å². The quantitative estimate of drug-likeness (QED) is 0.586. The first-order valence-corrected chi connectivity index (χ1v) is 7.54. The molecule has 0 aliphatic carbocycles. The molecule has 1 atom stereocenters. The molecule has 1 nitrogen and oxygen atoms in total. The Morgan fingerprint density at radius 1 is 1.17 bits per heavy atom. The van der Waals surface area contributed by atoms with E-state index in [1.807, 2.05) is 12.1 Å². The smallest absolute Gasteiger partial charge is 0.0426 e. The van der Waals surface area contributed by atoms with Crippen LogP contribution in [0.2, 0.25) is 5.02 Å².